The molecule has 3 rings (SSSR count). The molecule has 0 unspecified atom stereocenters. The van der Waals surface area contributed by atoms with Crippen LogP contribution in [0.15, 0.2) is 35.4 Å². The molecule has 0 aliphatic carbocycles. The Bertz CT molecular complexity index is 857. The average Bonchev–Trinajstić information content (AvgIpc) is 3.28. The number of hydrogen-bond acceptors (Lipinski definition) is 6. The zero-order chi connectivity index (χ0) is 23.8. The summed E-state index contributed by atoms with van der Waals surface area (Å²) in [5.74, 6) is -0.267. The smallest absolute Gasteiger partial charge is 0.410 e. The lowest BCUT2D eigenvalue weighted by Crippen LogP contribution is -2.51. The second-order valence-electron chi connectivity index (χ2n) is 9.34. The summed E-state index contributed by atoms with van der Waals surface area (Å²) in [4.78, 5) is 40.6. The van der Waals surface area contributed by atoms with Crippen molar-refractivity contribution in [3.63, 3.8) is 0 Å². The van der Waals surface area contributed by atoms with Gasteiger partial charge in [0.1, 0.15) is 5.60 Å². The van der Waals surface area contributed by atoms with Crippen molar-refractivity contribution < 1.29 is 19.1 Å². The van der Waals surface area contributed by atoms with Gasteiger partial charge in [0.05, 0.1) is 12.3 Å². The molecule has 9 heteroatoms. The van der Waals surface area contributed by atoms with E-state index in [1.165, 1.54) is 5.01 Å². The minimum Gasteiger partial charge on any atom is -0.444 e. The zero-order valence-electron chi connectivity index (χ0n) is 19.9. The maximum atomic E-state index is 12.4. The molecule has 9 nitrogen and oxygen atoms in total. The summed E-state index contributed by atoms with van der Waals surface area (Å²) in [7, 11) is 0. The van der Waals surface area contributed by atoms with E-state index >= 15 is 0 Å². The Hall–Kier alpha value is -2.94. The summed E-state index contributed by atoms with van der Waals surface area (Å²) >= 11 is 0. The fourth-order valence-corrected chi connectivity index (χ4v) is 3.74. The van der Waals surface area contributed by atoms with E-state index in [0.717, 1.165) is 30.8 Å². The van der Waals surface area contributed by atoms with Crippen molar-refractivity contribution >= 4 is 23.6 Å². The molecule has 1 saturated heterocycles. The Labute approximate surface area is 195 Å². The molecule has 0 atom stereocenters. The molecule has 3 amide bonds. The van der Waals surface area contributed by atoms with Gasteiger partial charge in [0, 0.05) is 58.5 Å². The van der Waals surface area contributed by atoms with Crippen LogP contribution in [0.4, 0.5) is 4.79 Å². The van der Waals surface area contributed by atoms with Gasteiger partial charge in [-0.2, -0.15) is 5.10 Å². The lowest BCUT2D eigenvalue weighted by atomic mass is 10.1. The summed E-state index contributed by atoms with van der Waals surface area (Å²) in [6, 6.07) is 9.82. The summed E-state index contributed by atoms with van der Waals surface area (Å²) < 4.78 is 5.41. The summed E-state index contributed by atoms with van der Waals surface area (Å²) in [5.41, 5.74) is 1.43. The van der Waals surface area contributed by atoms with E-state index in [1.54, 1.807) is 4.90 Å². The van der Waals surface area contributed by atoms with Gasteiger partial charge >= 0.3 is 6.09 Å². The Morgan fingerprint density at radius 2 is 1.70 bits per heavy atom. The van der Waals surface area contributed by atoms with Crippen molar-refractivity contribution in [3.05, 3.63) is 35.9 Å². The third-order valence-electron chi connectivity index (χ3n) is 5.54. The van der Waals surface area contributed by atoms with Crippen LogP contribution in [0.3, 0.4) is 0 Å². The average molecular weight is 458 g/mol. The van der Waals surface area contributed by atoms with Crippen molar-refractivity contribution in [1.29, 1.82) is 0 Å². The second kappa shape index (κ2) is 11.3. The monoisotopic (exact) mass is 457 g/mol. The lowest BCUT2D eigenvalue weighted by Gasteiger charge is -2.35. The summed E-state index contributed by atoms with van der Waals surface area (Å²) in [6.45, 7) is 10.1. The number of carbonyl (C=O) groups excluding carboxylic acids is 3. The lowest BCUT2D eigenvalue weighted by molar-refractivity contribution is -0.133. The highest BCUT2D eigenvalue weighted by Crippen LogP contribution is 2.15. The van der Waals surface area contributed by atoms with E-state index in [1.807, 2.05) is 51.1 Å². The van der Waals surface area contributed by atoms with Crippen LogP contribution in [0.5, 0.6) is 0 Å². The van der Waals surface area contributed by atoms with Gasteiger partial charge in [0.15, 0.2) is 0 Å². The number of nitrogens with zero attached hydrogens (tertiary/aromatic N) is 4. The SMILES string of the molecule is CC(C)(C)OC(=O)N1CCN(CCNC(=O)CCC(=O)N2CCC(c3ccccc3)=N2)CC1. The molecule has 1 fully saturated rings. The number of carbonyl (C=O) groups is 3. The molecular formula is C24H35N5O4. The molecule has 0 radical (unpaired) electrons. The molecule has 0 bridgehead atoms. The second-order valence-corrected chi connectivity index (χ2v) is 9.34. The maximum absolute atomic E-state index is 12.4. The van der Waals surface area contributed by atoms with E-state index in [2.05, 4.69) is 15.3 Å². The fraction of sp³-hybridized carbons (Fsp3) is 0.583. The number of piperazine rings is 1. The minimum atomic E-state index is -0.495. The van der Waals surface area contributed by atoms with Crippen molar-refractivity contribution in [2.45, 2.75) is 45.6 Å². The van der Waals surface area contributed by atoms with Crippen molar-refractivity contribution in [1.82, 2.24) is 20.1 Å². The number of rotatable bonds is 7. The van der Waals surface area contributed by atoms with E-state index in [9.17, 15) is 14.4 Å². The van der Waals surface area contributed by atoms with E-state index in [-0.39, 0.29) is 30.7 Å². The standard InChI is InChI=1S/C24H35N5O4/c1-24(2,3)33-23(32)28-17-15-27(16-18-28)14-12-25-21(30)9-10-22(31)29-13-11-20(26-29)19-7-5-4-6-8-19/h4-8H,9-18H2,1-3H3,(H,25,30). The predicted octanol–water partition coefficient (Wildman–Crippen LogP) is 2.07. The van der Waals surface area contributed by atoms with Gasteiger partial charge in [-0.05, 0) is 26.3 Å². The van der Waals surface area contributed by atoms with Crippen LogP contribution < -0.4 is 5.32 Å². The molecule has 0 spiro atoms. The van der Waals surface area contributed by atoms with E-state index < -0.39 is 5.60 Å². The molecule has 2 aliphatic rings. The number of hydrogen-bond donors (Lipinski definition) is 1. The first kappa shape index (κ1) is 24.7. The third kappa shape index (κ3) is 7.85. The molecule has 1 aromatic carbocycles. The van der Waals surface area contributed by atoms with Gasteiger partial charge in [-0.15, -0.1) is 0 Å². The van der Waals surface area contributed by atoms with Crippen LogP contribution in [0.2, 0.25) is 0 Å². The number of nitrogens with one attached hydrogen (secondary N) is 1. The van der Waals surface area contributed by atoms with Crippen LogP contribution in [0.25, 0.3) is 0 Å². The topological polar surface area (TPSA) is 94.5 Å². The van der Waals surface area contributed by atoms with Gasteiger partial charge in [0.2, 0.25) is 11.8 Å². The summed E-state index contributed by atoms with van der Waals surface area (Å²) in [5, 5.41) is 8.78. The Balaban J connectivity index is 1.30. The normalized spacial score (nSPS) is 17.0. The molecule has 2 aliphatic heterocycles. The molecule has 1 N–H and O–H groups in total. The van der Waals surface area contributed by atoms with Gasteiger partial charge < -0.3 is 15.0 Å². The maximum Gasteiger partial charge on any atom is 0.410 e. The quantitative estimate of drug-likeness (QED) is 0.677. The first-order valence-corrected chi connectivity index (χ1v) is 11.6. The molecule has 2 heterocycles. The number of ether oxygens (including phenoxy) is 1. The minimum absolute atomic E-state index is 0.130. The highest BCUT2D eigenvalue weighted by molar-refractivity contribution is 6.02. The Morgan fingerprint density at radius 1 is 1.00 bits per heavy atom. The highest BCUT2D eigenvalue weighted by Gasteiger charge is 2.26. The van der Waals surface area contributed by atoms with Gasteiger partial charge in [-0.1, -0.05) is 30.3 Å². The Morgan fingerprint density at radius 3 is 2.36 bits per heavy atom. The molecule has 0 saturated carbocycles. The number of hydrazone groups is 1. The van der Waals surface area contributed by atoms with Crippen molar-refractivity contribution in [2.24, 2.45) is 5.10 Å². The first-order valence-electron chi connectivity index (χ1n) is 11.6. The fourth-order valence-electron chi connectivity index (χ4n) is 3.74. The first-order chi connectivity index (χ1) is 15.7. The van der Waals surface area contributed by atoms with Crippen LogP contribution in [0, 0.1) is 0 Å². The van der Waals surface area contributed by atoms with Crippen LogP contribution in [0.1, 0.15) is 45.6 Å². The molecular weight excluding hydrogens is 422 g/mol. The number of benzene rings is 1. The predicted molar refractivity (Wildman–Crippen MR) is 126 cm³/mol. The van der Waals surface area contributed by atoms with Crippen LogP contribution in [-0.4, -0.2) is 89.8 Å². The third-order valence-corrected chi connectivity index (χ3v) is 5.54. The number of amides is 3. The van der Waals surface area contributed by atoms with Crippen LogP contribution >= 0.6 is 0 Å². The molecule has 33 heavy (non-hydrogen) atoms. The van der Waals surface area contributed by atoms with Crippen LogP contribution in [-0.2, 0) is 14.3 Å². The largest absolute Gasteiger partial charge is 0.444 e. The molecule has 180 valence electrons. The highest BCUT2D eigenvalue weighted by atomic mass is 16.6. The van der Waals surface area contributed by atoms with Gasteiger partial charge in [-0.3, -0.25) is 14.5 Å². The van der Waals surface area contributed by atoms with E-state index in [0.29, 0.717) is 32.7 Å². The zero-order valence-corrected chi connectivity index (χ0v) is 19.9. The summed E-state index contributed by atoms with van der Waals surface area (Å²) in [6.07, 6.45) is 0.742. The molecule has 0 aromatic heterocycles. The van der Waals surface area contributed by atoms with Gasteiger partial charge in [-0.25, -0.2) is 9.80 Å². The van der Waals surface area contributed by atoms with Crippen molar-refractivity contribution in [2.75, 3.05) is 45.8 Å². The van der Waals surface area contributed by atoms with E-state index in [4.69, 9.17) is 4.74 Å². The van der Waals surface area contributed by atoms with Crippen molar-refractivity contribution in [3.8, 4) is 0 Å². The van der Waals surface area contributed by atoms with Gasteiger partial charge in [0.25, 0.3) is 0 Å². The Kier molecular flexibility index (Phi) is 8.43. The molecule has 1 aromatic rings.